The van der Waals surface area contributed by atoms with E-state index in [1.165, 1.54) is 55.5 Å². The van der Waals surface area contributed by atoms with Crippen LogP contribution < -0.4 is 0 Å². The molecule has 1 aromatic carbocycles. The van der Waals surface area contributed by atoms with Crippen molar-refractivity contribution < 1.29 is 0 Å². The second-order valence-corrected chi connectivity index (χ2v) is 8.52. The standard InChI is InChI=1S/C24H28N4/c1-17-8-10-18(11-9-17)16-28-24(22-20-6-4-2-3-5-7-21(20)22)26-23(27-28)19-12-14-25-15-13-19/h8-15,20-22H,2-7,16H2,1H3. The summed E-state index contributed by atoms with van der Waals surface area (Å²) in [6, 6.07) is 12.8. The van der Waals surface area contributed by atoms with Crippen molar-refractivity contribution in [3.63, 3.8) is 0 Å². The lowest BCUT2D eigenvalue weighted by Gasteiger charge is -2.06. The minimum atomic E-state index is 0.589. The molecule has 0 N–H and O–H groups in total. The molecule has 4 nitrogen and oxygen atoms in total. The van der Waals surface area contributed by atoms with Gasteiger partial charge in [-0.15, -0.1) is 0 Å². The molecule has 0 amide bonds. The van der Waals surface area contributed by atoms with Crippen molar-refractivity contribution in [1.82, 2.24) is 19.7 Å². The first-order valence-corrected chi connectivity index (χ1v) is 10.7. The van der Waals surface area contributed by atoms with Crippen LogP contribution in [0.25, 0.3) is 11.4 Å². The van der Waals surface area contributed by atoms with Gasteiger partial charge in [0, 0.05) is 23.9 Å². The van der Waals surface area contributed by atoms with E-state index in [2.05, 4.69) is 40.9 Å². The maximum atomic E-state index is 5.07. The zero-order valence-electron chi connectivity index (χ0n) is 16.6. The van der Waals surface area contributed by atoms with E-state index in [9.17, 15) is 0 Å². The van der Waals surface area contributed by atoms with Crippen LogP contribution in [0, 0.1) is 18.8 Å². The molecule has 3 aromatic rings. The normalized spacial score (nSPS) is 24.2. The number of rotatable bonds is 4. The first-order valence-electron chi connectivity index (χ1n) is 10.7. The van der Waals surface area contributed by atoms with Gasteiger partial charge in [-0.05, 0) is 49.3 Å². The summed E-state index contributed by atoms with van der Waals surface area (Å²) in [5.74, 6) is 4.25. The number of hydrogen-bond acceptors (Lipinski definition) is 3. The van der Waals surface area contributed by atoms with Crippen LogP contribution in [-0.2, 0) is 6.54 Å². The zero-order valence-corrected chi connectivity index (χ0v) is 16.6. The van der Waals surface area contributed by atoms with Crippen molar-refractivity contribution >= 4 is 0 Å². The molecule has 0 bridgehead atoms. The molecule has 2 fully saturated rings. The first kappa shape index (κ1) is 17.6. The van der Waals surface area contributed by atoms with Gasteiger partial charge in [0.05, 0.1) is 6.54 Å². The van der Waals surface area contributed by atoms with Gasteiger partial charge in [0.1, 0.15) is 5.82 Å². The lowest BCUT2D eigenvalue weighted by atomic mass is 10.0. The third-order valence-electron chi connectivity index (χ3n) is 6.55. The zero-order chi connectivity index (χ0) is 18.9. The van der Waals surface area contributed by atoms with Crippen molar-refractivity contribution in [2.45, 2.75) is 57.9 Å². The predicted molar refractivity (Wildman–Crippen MR) is 111 cm³/mol. The molecule has 2 saturated carbocycles. The molecule has 2 unspecified atom stereocenters. The Bertz CT molecular complexity index is 915. The topological polar surface area (TPSA) is 43.6 Å². The van der Waals surface area contributed by atoms with Gasteiger partial charge in [0.25, 0.3) is 0 Å². The second-order valence-electron chi connectivity index (χ2n) is 8.52. The van der Waals surface area contributed by atoms with Crippen LogP contribution in [0.1, 0.15) is 61.4 Å². The Morgan fingerprint density at radius 1 is 0.893 bits per heavy atom. The summed E-state index contributed by atoms with van der Waals surface area (Å²) in [6.07, 6.45) is 11.9. The molecule has 0 spiro atoms. The van der Waals surface area contributed by atoms with E-state index in [4.69, 9.17) is 10.1 Å². The molecule has 0 saturated heterocycles. The fraction of sp³-hybridized carbons (Fsp3) is 0.458. The summed E-state index contributed by atoms with van der Waals surface area (Å²) in [4.78, 5) is 9.21. The number of aryl methyl sites for hydroxylation is 1. The number of aromatic nitrogens is 4. The van der Waals surface area contributed by atoms with E-state index in [0.717, 1.165) is 29.8 Å². The Kier molecular flexibility index (Phi) is 4.71. The van der Waals surface area contributed by atoms with Crippen LogP contribution in [0.15, 0.2) is 48.8 Å². The van der Waals surface area contributed by atoms with Crippen LogP contribution in [-0.4, -0.2) is 19.7 Å². The van der Waals surface area contributed by atoms with Crippen molar-refractivity contribution in [3.05, 3.63) is 65.7 Å². The fourth-order valence-electron chi connectivity index (χ4n) is 4.94. The molecule has 0 aliphatic heterocycles. The highest BCUT2D eigenvalue weighted by Crippen LogP contribution is 2.59. The van der Waals surface area contributed by atoms with E-state index < -0.39 is 0 Å². The van der Waals surface area contributed by atoms with E-state index in [1.54, 1.807) is 0 Å². The van der Waals surface area contributed by atoms with Crippen molar-refractivity contribution in [2.75, 3.05) is 0 Å². The number of hydrogen-bond donors (Lipinski definition) is 0. The molecule has 2 aliphatic carbocycles. The highest BCUT2D eigenvalue weighted by atomic mass is 15.4. The lowest BCUT2D eigenvalue weighted by molar-refractivity contribution is 0.485. The molecule has 2 aliphatic rings. The quantitative estimate of drug-likeness (QED) is 0.617. The highest BCUT2D eigenvalue weighted by Gasteiger charge is 2.52. The van der Waals surface area contributed by atoms with Gasteiger partial charge in [-0.1, -0.05) is 55.5 Å². The maximum Gasteiger partial charge on any atom is 0.181 e. The molecule has 5 rings (SSSR count). The molecule has 144 valence electrons. The molecular formula is C24H28N4. The Morgan fingerprint density at radius 2 is 1.57 bits per heavy atom. The fourth-order valence-corrected chi connectivity index (χ4v) is 4.94. The average molecular weight is 373 g/mol. The van der Waals surface area contributed by atoms with Gasteiger partial charge in [0.2, 0.25) is 0 Å². The van der Waals surface area contributed by atoms with E-state index >= 15 is 0 Å². The van der Waals surface area contributed by atoms with Crippen molar-refractivity contribution in [3.8, 4) is 11.4 Å². The first-order chi connectivity index (χ1) is 13.8. The SMILES string of the molecule is Cc1ccc(Cn2nc(-c3ccncc3)nc2C2C3CCCCCCC32)cc1. The van der Waals surface area contributed by atoms with Gasteiger partial charge in [0.15, 0.2) is 5.82 Å². The average Bonchev–Trinajstić information content (AvgIpc) is 3.18. The molecule has 0 radical (unpaired) electrons. The lowest BCUT2D eigenvalue weighted by Crippen LogP contribution is -2.07. The Morgan fingerprint density at radius 3 is 2.25 bits per heavy atom. The third-order valence-corrected chi connectivity index (χ3v) is 6.55. The minimum Gasteiger partial charge on any atom is -0.265 e. The second kappa shape index (κ2) is 7.50. The van der Waals surface area contributed by atoms with Crippen LogP contribution in [0.3, 0.4) is 0 Å². The summed E-state index contributed by atoms with van der Waals surface area (Å²) in [5.41, 5.74) is 3.63. The summed E-state index contributed by atoms with van der Waals surface area (Å²) < 4.78 is 2.18. The number of nitrogens with zero attached hydrogens (tertiary/aromatic N) is 4. The Labute approximate surface area is 167 Å². The van der Waals surface area contributed by atoms with Gasteiger partial charge >= 0.3 is 0 Å². The minimum absolute atomic E-state index is 0.589. The van der Waals surface area contributed by atoms with Crippen LogP contribution in [0.2, 0.25) is 0 Å². The van der Waals surface area contributed by atoms with E-state index in [0.29, 0.717) is 5.92 Å². The highest BCUT2D eigenvalue weighted by molar-refractivity contribution is 5.53. The number of pyridine rings is 1. The van der Waals surface area contributed by atoms with Crippen molar-refractivity contribution in [2.24, 2.45) is 11.8 Å². The summed E-state index contributed by atoms with van der Waals surface area (Å²) in [7, 11) is 0. The van der Waals surface area contributed by atoms with E-state index in [-0.39, 0.29) is 0 Å². The maximum absolute atomic E-state index is 5.07. The summed E-state index contributed by atoms with van der Waals surface area (Å²) >= 11 is 0. The molecule has 2 heterocycles. The Balaban J connectivity index is 1.49. The molecule has 4 heteroatoms. The third kappa shape index (κ3) is 3.48. The molecular weight excluding hydrogens is 344 g/mol. The van der Waals surface area contributed by atoms with E-state index in [1.807, 2.05) is 24.5 Å². The molecule has 28 heavy (non-hydrogen) atoms. The van der Waals surface area contributed by atoms with Gasteiger partial charge in [-0.2, -0.15) is 5.10 Å². The summed E-state index contributed by atoms with van der Waals surface area (Å²) in [6.45, 7) is 2.93. The molecule has 2 aromatic heterocycles. The van der Waals surface area contributed by atoms with Crippen molar-refractivity contribution in [1.29, 1.82) is 0 Å². The number of benzene rings is 1. The van der Waals surface area contributed by atoms with Gasteiger partial charge in [-0.3, -0.25) is 4.98 Å². The number of fused-ring (bicyclic) bond motifs is 1. The van der Waals surface area contributed by atoms with Crippen LogP contribution in [0.4, 0.5) is 0 Å². The van der Waals surface area contributed by atoms with Crippen LogP contribution in [0.5, 0.6) is 0 Å². The smallest absolute Gasteiger partial charge is 0.181 e. The molecule has 2 atom stereocenters. The Hall–Kier alpha value is -2.49. The van der Waals surface area contributed by atoms with Gasteiger partial charge in [-0.25, -0.2) is 9.67 Å². The van der Waals surface area contributed by atoms with Crippen LogP contribution >= 0.6 is 0 Å². The summed E-state index contributed by atoms with van der Waals surface area (Å²) in [5, 5.41) is 4.94. The predicted octanol–water partition coefficient (Wildman–Crippen LogP) is 5.38. The monoisotopic (exact) mass is 372 g/mol. The largest absolute Gasteiger partial charge is 0.265 e. The van der Waals surface area contributed by atoms with Gasteiger partial charge < -0.3 is 0 Å².